The van der Waals surface area contributed by atoms with E-state index in [-0.39, 0.29) is 12.1 Å². The van der Waals surface area contributed by atoms with Crippen molar-refractivity contribution in [1.82, 2.24) is 9.78 Å². The van der Waals surface area contributed by atoms with Gasteiger partial charge in [0.05, 0.1) is 11.8 Å². The maximum atomic E-state index is 13.3. The summed E-state index contributed by atoms with van der Waals surface area (Å²) >= 11 is 0. The minimum atomic E-state index is -0.722. The van der Waals surface area contributed by atoms with E-state index in [2.05, 4.69) is 5.10 Å². The van der Waals surface area contributed by atoms with Crippen LogP contribution in [-0.2, 0) is 6.54 Å². The minimum absolute atomic E-state index is 0.103. The number of carbonyl (C=O) groups excluding carboxylic acids is 1. The topological polar surface area (TPSA) is 34.9 Å². The second kappa shape index (κ2) is 4.45. The molecule has 1 aromatic carbocycles. The van der Waals surface area contributed by atoms with Gasteiger partial charge in [-0.15, -0.1) is 0 Å². The minimum Gasteiger partial charge on any atom is -0.292 e. The molecule has 2 rings (SSSR count). The zero-order chi connectivity index (χ0) is 12.4. The fourth-order valence-electron chi connectivity index (χ4n) is 1.50. The molecule has 0 radical (unpaired) electrons. The van der Waals surface area contributed by atoms with Crippen LogP contribution in [0, 0.1) is 18.6 Å². The second-order valence-electron chi connectivity index (χ2n) is 3.76. The molecule has 0 aliphatic rings. The lowest BCUT2D eigenvalue weighted by atomic mass is 10.1. The normalized spacial score (nSPS) is 10.5. The van der Waals surface area contributed by atoms with E-state index in [1.54, 1.807) is 12.4 Å². The molecule has 0 aliphatic carbocycles. The molecule has 1 heterocycles. The van der Waals surface area contributed by atoms with Crippen LogP contribution in [0.25, 0.3) is 0 Å². The summed E-state index contributed by atoms with van der Waals surface area (Å²) in [5.74, 6) is -1.86. The molecule has 2 aromatic rings. The number of Topliss-reactive ketones (excluding diaryl/α,β-unsaturated/α-hetero) is 1. The van der Waals surface area contributed by atoms with Crippen LogP contribution < -0.4 is 0 Å². The van der Waals surface area contributed by atoms with E-state index in [4.69, 9.17) is 0 Å². The van der Waals surface area contributed by atoms with Gasteiger partial charge in [-0.1, -0.05) is 0 Å². The zero-order valence-electron chi connectivity index (χ0n) is 9.15. The Morgan fingerprint density at radius 1 is 1.41 bits per heavy atom. The van der Waals surface area contributed by atoms with Crippen molar-refractivity contribution in [3.63, 3.8) is 0 Å². The Balaban J connectivity index is 2.22. The number of ketones is 1. The molecule has 0 spiro atoms. The van der Waals surface area contributed by atoms with Crippen LogP contribution in [0.4, 0.5) is 8.78 Å². The molecule has 0 unspecified atom stereocenters. The first kappa shape index (κ1) is 11.4. The van der Waals surface area contributed by atoms with Gasteiger partial charge in [-0.05, 0) is 30.7 Å². The highest BCUT2D eigenvalue weighted by Gasteiger charge is 2.13. The first-order valence-corrected chi connectivity index (χ1v) is 5.03. The van der Waals surface area contributed by atoms with Crippen LogP contribution in [0.15, 0.2) is 30.6 Å². The number of carbonyl (C=O) groups is 1. The predicted molar refractivity (Wildman–Crippen MR) is 57.7 cm³/mol. The molecule has 0 atom stereocenters. The molecule has 0 aliphatic heterocycles. The lowest BCUT2D eigenvalue weighted by Gasteiger charge is -2.03. The van der Waals surface area contributed by atoms with Crippen molar-refractivity contribution in [3.8, 4) is 0 Å². The van der Waals surface area contributed by atoms with Gasteiger partial charge in [0.25, 0.3) is 0 Å². The highest BCUT2D eigenvalue weighted by molar-refractivity contribution is 5.96. The van der Waals surface area contributed by atoms with Gasteiger partial charge in [0.1, 0.15) is 18.2 Å². The van der Waals surface area contributed by atoms with E-state index in [1.165, 1.54) is 4.68 Å². The predicted octanol–water partition coefficient (Wildman–Crippen LogP) is 2.35. The average molecular weight is 236 g/mol. The van der Waals surface area contributed by atoms with Gasteiger partial charge >= 0.3 is 0 Å². The summed E-state index contributed by atoms with van der Waals surface area (Å²) in [6.45, 7) is 1.73. The summed E-state index contributed by atoms with van der Waals surface area (Å²) in [5, 5.41) is 3.91. The van der Waals surface area contributed by atoms with E-state index < -0.39 is 17.4 Å². The lowest BCUT2D eigenvalue weighted by Crippen LogP contribution is -2.12. The first-order valence-electron chi connectivity index (χ1n) is 5.03. The Labute approximate surface area is 96.7 Å². The molecule has 0 bridgehead atoms. The molecule has 88 valence electrons. The highest BCUT2D eigenvalue weighted by Crippen LogP contribution is 2.11. The molecule has 3 nitrogen and oxygen atoms in total. The summed E-state index contributed by atoms with van der Waals surface area (Å²) in [6.07, 6.45) is 3.25. The smallest absolute Gasteiger partial charge is 0.187 e. The fraction of sp³-hybridized carbons (Fsp3) is 0.167. The molecule has 1 aromatic heterocycles. The van der Waals surface area contributed by atoms with Crippen LogP contribution >= 0.6 is 0 Å². The quantitative estimate of drug-likeness (QED) is 0.767. The summed E-state index contributed by atoms with van der Waals surface area (Å²) in [4.78, 5) is 11.7. The molecular weight excluding hydrogens is 226 g/mol. The van der Waals surface area contributed by atoms with Gasteiger partial charge in [-0.25, -0.2) is 8.78 Å². The molecule has 5 heteroatoms. The van der Waals surface area contributed by atoms with Crippen molar-refractivity contribution in [1.29, 1.82) is 0 Å². The Morgan fingerprint density at radius 2 is 2.18 bits per heavy atom. The highest BCUT2D eigenvalue weighted by atomic mass is 19.1. The Bertz CT molecular complexity index is 563. The third-order valence-electron chi connectivity index (χ3n) is 2.30. The molecular formula is C12H10F2N2O. The maximum absolute atomic E-state index is 13.3. The van der Waals surface area contributed by atoms with Crippen LogP contribution in [0.1, 0.15) is 15.9 Å². The molecule has 0 fully saturated rings. The standard InChI is InChI=1S/C12H10F2N2O/c1-8-5-15-16(6-8)7-12(17)10-4-9(13)2-3-11(10)14/h2-6H,7H2,1H3. The first-order chi connectivity index (χ1) is 8.06. The zero-order valence-corrected chi connectivity index (χ0v) is 9.15. The van der Waals surface area contributed by atoms with E-state index in [9.17, 15) is 13.6 Å². The molecule has 0 N–H and O–H groups in total. The maximum Gasteiger partial charge on any atom is 0.187 e. The molecule has 0 saturated heterocycles. The van der Waals surface area contributed by atoms with Gasteiger partial charge in [-0.3, -0.25) is 9.48 Å². The number of nitrogens with zero attached hydrogens (tertiary/aromatic N) is 2. The van der Waals surface area contributed by atoms with Gasteiger partial charge in [0.15, 0.2) is 5.78 Å². The SMILES string of the molecule is Cc1cnn(CC(=O)c2cc(F)ccc2F)c1. The van der Waals surface area contributed by atoms with Gasteiger partial charge in [0.2, 0.25) is 0 Å². The van der Waals surface area contributed by atoms with Crippen molar-refractivity contribution < 1.29 is 13.6 Å². The molecule has 17 heavy (non-hydrogen) atoms. The summed E-state index contributed by atoms with van der Waals surface area (Å²) in [7, 11) is 0. The van der Waals surface area contributed by atoms with Gasteiger partial charge in [0, 0.05) is 6.20 Å². The number of aromatic nitrogens is 2. The van der Waals surface area contributed by atoms with E-state index in [1.807, 2.05) is 6.92 Å². The third kappa shape index (κ3) is 2.55. The third-order valence-corrected chi connectivity index (χ3v) is 2.30. The van der Waals surface area contributed by atoms with Crippen molar-refractivity contribution in [2.75, 3.05) is 0 Å². The Morgan fingerprint density at radius 3 is 2.82 bits per heavy atom. The second-order valence-corrected chi connectivity index (χ2v) is 3.76. The van der Waals surface area contributed by atoms with Crippen LogP contribution in [0.5, 0.6) is 0 Å². The number of hydrogen-bond acceptors (Lipinski definition) is 2. The van der Waals surface area contributed by atoms with Crippen molar-refractivity contribution in [2.45, 2.75) is 13.5 Å². The summed E-state index contributed by atoms with van der Waals surface area (Å²) < 4.78 is 27.6. The number of benzene rings is 1. The van der Waals surface area contributed by atoms with Gasteiger partial charge < -0.3 is 0 Å². The number of halogens is 2. The Hall–Kier alpha value is -2.04. The van der Waals surface area contributed by atoms with Crippen molar-refractivity contribution in [3.05, 3.63) is 53.4 Å². The largest absolute Gasteiger partial charge is 0.292 e. The van der Waals surface area contributed by atoms with Crippen molar-refractivity contribution >= 4 is 5.78 Å². The van der Waals surface area contributed by atoms with Gasteiger partial charge in [-0.2, -0.15) is 5.10 Å². The Kier molecular flexibility index (Phi) is 2.99. The number of aryl methyl sites for hydroxylation is 1. The monoisotopic (exact) mass is 236 g/mol. The fourth-order valence-corrected chi connectivity index (χ4v) is 1.50. The van der Waals surface area contributed by atoms with E-state index in [0.717, 1.165) is 23.8 Å². The molecule has 0 saturated carbocycles. The lowest BCUT2D eigenvalue weighted by molar-refractivity contribution is 0.0963. The van der Waals surface area contributed by atoms with Crippen molar-refractivity contribution in [2.24, 2.45) is 0 Å². The van der Waals surface area contributed by atoms with Crippen LogP contribution in [0.2, 0.25) is 0 Å². The number of rotatable bonds is 3. The van der Waals surface area contributed by atoms with E-state index in [0.29, 0.717) is 0 Å². The summed E-state index contributed by atoms with van der Waals surface area (Å²) in [6, 6.07) is 2.81. The average Bonchev–Trinajstić information content (AvgIpc) is 2.67. The van der Waals surface area contributed by atoms with E-state index >= 15 is 0 Å². The number of hydrogen-bond donors (Lipinski definition) is 0. The summed E-state index contributed by atoms with van der Waals surface area (Å²) in [5.41, 5.74) is 0.649. The molecule has 0 amide bonds. The van der Waals surface area contributed by atoms with Crippen LogP contribution in [-0.4, -0.2) is 15.6 Å². The van der Waals surface area contributed by atoms with Crippen LogP contribution in [0.3, 0.4) is 0 Å².